The van der Waals surface area contributed by atoms with E-state index in [4.69, 9.17) is 4.74 Å². The zero-order valence-electron chi connectivity index (χ0n) is 15.6. The zero-order valence-corrected chi connectivity index (χ0v) is 16.4. The van der Waals surface area contributed by atoms with Crippen molar-refractivity contribution < 1.29 is 14.5 Å². The number of nitrogens with zero attached hydrogens (tertiary/aromatic N) is 3. The van der Waals surface area contributed by atoms with E-state index in [1.54, 1.807) is 24.3 Å². The van der Waals surface area contributed by atoms with E-state index in [0.717, 1.165) is 22.2 Å². The summed E-state index contributed by atoms with van der Waals surface area (Å²) in [6.45, 7) is 1.95. The molecule has 1 heterocycles. The first-order valence-corrected chi connectivity index (χ1v) is 9.24. The summed E-state index contributed by atoms with van der Waals surface area (Å²) in [6, 6.07) is 13.9. The Morgan fingerprint density at radius 2 is 1.79 bits per heavy atom. The highest BCUT2D eigenvalue weighted by Crippen LogP contribution is 2.36. The average molecular weight is 411 g/mol. The maximum atomic E-state index is 12.3. The molecule has 148 valence electrons. The number of hydrogen-bond acceptors (Lipinski definition) is 8. The number of ether oxygens (including phenoxy) is 1. The van der Waals surface area contributed by atoms with Gasteiger partial charge in [0.1, 0.15) is 12.1 Å². The Morgan fingerprint density at radius 1 is 1.10 bits per heavy atom. The number of anilines is 1. The lowest BCUT2D eigenvalue weighted by Gasteiger charge is -2.10. The maximum Gasteiger partial charge on any atom is 0.345 e. The third-order valence-electron chi connectivity index (χ3n) is 3.85. The van der Waals surface area contributed by atoms with Crippen LogP contribution in [0.5, 0.6) is 5.75 Å². The van der Waals surface area contributed by atoms with Crippen LogP contribution in [0.2, 0.25) is 0 Å². The van der Waals surface area contributed by atoms with E-state index in [-0.39, 0.29) is 16.5 Å². The quantitative estimate of drug-likeness (QED) is 0.344. The molecule has 0 atom stereocenters. The normalized spacial score (nSPS) is 10.3. The fraction of sp³-hybridized carbons (Fsp3) is 0.105. The number of carbonyl (C=O) groups is 1. The minimum Gasteiger partial charge on any atom is -0.497 e. The molecule has 0 unspecified atom stereocenters. The summed E-state index contributed by atoms with van der Waals surface area (Å²) in [4.78, 5) is 32.0. The van der Waals surface area contributed by atoms with E-state index in [0.29, 0.717) is 11.3 Å². The third-order valence-corrected chi connectivity index (χ3v) is 4.85. The average Bonchev–Trinajstić information content (AvgIpc) is 2.73. The molecule has 0 aliphatic heterocycles. The second-order valence-electron chi connectivity index (χ2n) is 5.86. The molecule has 1 amide bonds. The van der Waals surface area contributed by atoms with Gasteiger partial charge in [0.25, 0.3) is 5.91 Å². The van der Waals surface area contributed by atoms with Crippen LogP contribution in [0.15, 0.2) is 64.8 Å². The Balaban J connectivity index is 1.78. The van der Waals surface area contributed by atoms with Gasteiger partial charge in [0.05, 0.1) is 12.0 Å². The molecular weight excluding hydrogens is 394 g/mol. The van der Waals surface area contributed by atoms with Crippen LogP contribution in [0, 0.1) is 17.0 Å². The summed E-state index contributed by atoms with van der Waals surface area (Å²) in [7, 11) is 1.52. The fourth-order valence-corrected chi connectivity index (χ4v) is 3.20. The Bertz CT molecular complexity index is 1030. The van der Waals surface area contributed by atoms with Crippen molar-refractivity contribution in [2.75, 3.05) is 12.5 Å². The van der Waals surface area contributed by atoms with Crippen LogP contribution in [0.1, 0.15) is 15.9 Å². The molecule has 0 radical (unpaired) electrons. The van der Waals surface area contributed by atoms with Crippen LogP contribution in [0.3, 0.4) is 0 Å². The summed E-state index contributed by atoms with van der Waals surface area (Å²) in [6.07, 6.45) is 1.20. The smallest absolute Gasteiger partial charge is 0.345 e. The van der Waals surface area contributed by atoms with E-state index in [9.17, 15) is 14.9 Å². The summed E-state index contributed by atoms with van der Waals surface area (Å²) < 4.78 is 5.05. The number of amides is 1. The van der Waals surface area contributed by atoms with Crippen molar-refractivity contribution in [2.45, 2.75) is 16.8 Å². The number of carbonyl (C=O) groups excluding carboxylic acids is 1. The number of methoxy groups -OCH3 is 1. The molecule has 0 spiro atoms. The molecule has 0 bridgehead atoms. The molecule has 3 rings (SSSR count). The van der Waals surface area contributed by atoms with Gasteiger partial charge in [-0.15, -0.1) is 0 Å². The van der Waals surface area contributed by atoms with Crippen molar-refractivity contribution in [2.24, 2.45) is 0 Å². The molecule has 0 aliphatic carbocycles. The maximum absolute atomic E-state index is 12.3. The van der Waals surface area contributed by atoms with Gasteiger partial charge in [0.15, 0.2) is 5.03 Å². The minimum atomic E-state index is -0.585. The molecule has 0 fully saturated rings. The molecule has 3 aromatic rings. The largest absolute Gasteiger partial charge is 0.497 e. The van der Waals surface area contributed by atoms with E-state index in [1.165, 1.54) is 13.4 Å². The Kier molecular flexibility index (Phi) is 6.25. The van der Waals surface area contributed by atoms with Gasteiger partial charge in [0, 0.05) is 10.5 Å². The molecule has 0 saturated heterocycles. The van der Waals surface area contributed by atoms with Crippen molar-refractivity contribution in [3.63, 3.8) is 0 Å². The predicted molar refractivity (Wildman–Crippen MR) is 108 cm³/mol. The van der Waals surface area contributed by atoms with E-state index in [1.807, 2.05) is 31.2 Å². The summed E-state index contributed by atoms with van der Waals surface area (Å²) in [5, 5.41) is 11.8. The number of nitro groups is 1. The summed E-state index contributed by atoms with van der Waals surface area (Å²) >= 11 is 1.14. The number of aromatic nitrogens is 2. The molecule has 2 aromatic carbocycles. The number of aryl methyl sites for hydroxylation is 1. The molecule has 1 aromatic heterocycles. The van der Waals surface area contributed by atoms with Gasteiger partial charge < -0.3 is 4.74 Å². The third kappa shape index (κ3) is 4.99. The highest BCUT2D eigenvalue weighted by atomic mass is 32.2. The van der Waals surface area contributed by atoms with E-state index >= 15 is 0 Å². The first-order chi connectivity index (χ1) is 14.0. The summed E-state index contributed by atoms with van der Waals surface area (Å²) in [5.41, 5.74) is 6.04. The predicted octanol–water partition coefficient (Wildman–Crippen LogP) is 3.61. The topological polar surface area (TPSA) is 119 Å². The SMILES string of the molecule is COc1ccc(C(=O)NNc2ncnc(Sc3ccc(C)cc3)c2[N+](=O)[O-])cc1. The summed E-state index contributed by atoms with van der Waals surface area (Å²) in [5.74, 6) is 0.0218. The first-order valence-electron chi connectivity index (χ1n) is 8.42. The second kappa shape index (κ2) is 9.02. The van der Waals surface area contributed by atoms with Crippen LogP contribution >= 0.6 is 11.8 Å². The van der Waals surface area contributed by atoms with Crippen molar-refractivity contribution in [1.29, 1.82) is 0 Å². The zero-order chi connectivity index (χ0) is 20.8. The van der Waals surface area contributed by atoms with E-state index in [2.05, 4.69) is 20.8 Å². The van der Waals surface area contributed by atoms with Gasteiger partial charge in [-0.05, 0) is 43.3 Å². The highest BCUT2D eigenvalue weighted by molar-refractivity contribution is 7.99. The lowest BCUT2D eigenvalue weighted by molar-refractivity contribution is -0.387. The lowest BCUT2D eigenvalue weighted by atomic mass is 10.2. The van der Waals surface area contributed by atoms with Gasteiger partial charge in [-0.3, -0.25) is 25.8 Å². The van der Waals surface area contributed by atoms with Crippen LogP contribution < -0.4 is 15.6 Å². The van der Waals surface area contributed by atoms with Crippen LogP contribution in [-0.4, -0.2) is 27.9 Å². The number of benzene rings is 2. The molecule has 10 heteroatoms. The molecular formula is C19H17N5O4S. The molecule has 29 heavy (non-hydrogen) atoms. The van der Waals surface area contributed by atoms with E-state index < -0.39 is 10.8 Å². The fourth-order valence-electron chi connectivity index (χ4n) is 2.34. The van der Waals surface area contributed by atoms with Gasteiger partial charge in [-0.2, -0.15) is 0 Å². The first kappa shape index (κ1) is 20.1. The highest BCUT2D eigenvalue weighted by Gasteiger charge is 2.24. The van der Waals surface area contributed by atoms with Crippen LogP contribution in [0.25, 0.3) is 0 Å². The number of nitrogens with one attached hydrogen (secondary N) is 2. The van der Waals surface area contributed by atoms with Crippen molar-refractivity contribution in [3.05, 3.63) is 76.1 Å². The van der Waals surface area contributed by atoms with Crippen LogP contribution in [-0.2, 0) is 0 Å². The Morgan fingerprint density at radius 3 is 2.41 bits per heavy atom. The Labute approximate surface area is 170 Å². The second-order valence-corrected chi connectivity index (χ2v) is 6.92. The number of hydrazine groups is 1. The van der Waals surface area contributed by atoms with Crippen molar-refractivity contribution in [3.8, 4) is 5.75 Å². The lowest BCUT2D eigenvalue weighted by Crippen LogP contribution is -2.30. The number of rotatable bonds is 7. The molecule has 9 nitrogen and oxygen atoms in total. The van der Waals surface area contributed by atoms with Crippen molar-refractivity contribution in [1.82, 2.24) is 15.4 Å². The monoisotopic (exact) mass is 411 g/mol. The van der Waals surface area contributed by atoms with Crippen molar-refractivity contribution >= 4 is 29.2 Å². The standard InChI is InChI=1S/C19H17N5O4S/c1-12-3-9-15(10-4-12)29-19-16(24(26)27)17(20-11-21-19)22-23-18(25)13-5-7-14(28-2)8-6-13/h3-11H,1-2H3,(H,23,25)(H,20,21,22). The molecule has 2 N–H and O–H groups in total. The molecule has 0 saturated carbocycles. The van der Waals surface area contributed by atoms with Crippen LogP contribution in [0.4, 0.5) is 11.5 Å². The minimum absolute atomic E-state index is 0.110. The number of hydrogen-bond donors (Lipinski definition) is 2. The Hall–Kier alpha value is -3.66. The van der Waals surface area contributed by atoms with Gasteiger partial charge in [-0.1, -0.05) is 29.5 Å². The van der Waals surface area contributed by atoms with Gasteiger partial charge >= 0.3 is 5.69 Å². The molecule has 0 aliphatic rings. The van der Waals surface area contributed by atoms with Gasteiger partial charge in [0.2, 0.25) is 5.82 Å². The van der Waals surface area contributed by atoms with Gasteiger partial charge in [-0.25, -0.2) is 9.97 Å².